The first-order valence-corrected chi connectivity index (χ1v) is 11.1. The number of aromatic nitrogens is 1. The molecule has 4 aromatic rings. The molecule has 0 aliphatic carbocycles. The lowest BCUT2D eigenvalue weighted by atomic mass is 10.0. The number of halogens is 1. The molecule has 32 heavy (non-hydrogen) atoms. The van der Waals surface area contributed by atoms with E-state index in [9.17, 15) is 12.8 Å². The van der Waals surface area contributed by atoms with Crippen molar-refractivity contribution in [1.82, 2.24) is 9.71 Å². The lowest BCUT2D eigenvalue weighted by molar-refractivity contribution is 0.416. The minimum atomic E-state index is -3.66. The fourth-order valence-electron chi connectivity index (χ4n) is 3.17. The molecular weight excluding hydrogens is 433 g/mol. The van der Waals surface area contributed by atoms with Gasteiger partial charge in [-0.25, -0.2) is 22.5 Å². The predicted octanol–water partition coefficient (Wildman–Crippen LogP) is 4.81. The first-order valence-electron chi connectivity index (χ1n) is 9.61. The molecule has 0 aliphatic rings. The standard InChI is InChI=1S/C23H20FN3O4S/c1-25-32(28,29)17-9-11-21(30-2)20(13-17)27-23-26-14-22(31-23)18-12-16(8-10-19(18)24)15-6-4-3-5-7-15/h3-14,25H,1-2H3,(H,26,27). The average molecular weight is 453 g/mol. The number of nitrogens with zero attached hydrogens (tertiary/aromatic N) is 1. The van der Waals surface area contributed by atoms with E-state index in [4.69, 9.17) is 9.15 Å². The summed E-state index contributed by atoms with van der Waals surface area (Å²) in [5.74, 6) is 0.157. The number of oxazole rings is 1. The molecule has 164 valence electrons. The molecule has 0 radical (unpaired) electrons. The number of nitrogens with one attached hydrogen (secondary N) is 2. The summed E-state index contributed by atoms with van der Waals surface area (Å²) < 4.78 is 52.0. The molecule has 0 saturated heterocycles. The Morgan fingerprint density at radius 2 is 1.78 bits per heavy atom. The van der Waals surface area contributed by atoms with Gasteiger partial charge in [0.2, 0.25) is 10.0 Å². The SMILES string of the molecule is CNS(=O)(=O)c1ccc(OC)c(Nc2ncc(-c3cc(-c4ccccc4)ccc3F)o2)c1. The second-order valence-corrected chi connectivity index (χ2v) is 8.67. The smallest absolute Gasteiger partial charge is 0.299 e. The van der Waals surface area contributed by atoms with Crippen molar-refractivity contribution in [1.29, 1.82) is 0 Å². The highest BCUT2D eigenvalue weighted by Crippen LogP contribution is 2.33. The highest BCUT2D eigenvalue weighted by molar-refractivity contribution is 7.89. The van der Waals surface area contributed by atoms with Crippen molar-refractivity contribution in [2.45, 2.75) is 4.90 Å². The molecule has 0 spiro atoms. The van der Waals surface area contributed by atoms with Crippen molar-refractivity contribution in [2.24, 2.45) is 0 Å². The molecule has 9 heteroatoms. The van der Waals surface area contributed by atoms with Crippen LogP contribution in [0.4, 0.5) is 16.1 Å². The second kappa shape index (κ2) is 8.81. The molecule has 0 fully saturated rings. The summed E-state index contributed by atoms with van der Waals surface area (Å²) >= 11 is 0. The largest absolute Gasteiger partial charge is 0.495 e. The van der Waals surface area contributed by atoms with Crippen LogP contribution in [0.15, 0.2) is 82.2 Å². The number of anilines is 2. The van der Waals surface area contributed by atoms with Crippen molar-refractivity contribution in [3.63, 3.8) is 0 Å². The van der Waals surface area contributed by atoms with Gasteiger partial charge in [-0.05, 0) is 48.5 Å². The van der Waals surface area contributed by atoms with E-state index in [0.717, 1.165) is 11.1 Å². The van der Waals surface area contributed by atoms with Crippen molar-refractivity contribution in [3.8, 4) is 28.2 Å². The molecule has 1 heterocycles. The summed E-state index contributed by atoms with van der Waals surface area (Å²) in [7, 11) is -0.878. The van der Waals surface area contributed by atoms with E-state index >= 15 is 0 Å². The summed E-state index contributed by atoms with van der Waals surface area (Å²) in [4.78, 5) is 4.19. The molecule has 0 bridgehead atoms. The maximum atomic E-state index is 14.5. The molecule has 2 N–H and O–H groups in total. The normalized spacial score (nSPS) is 11.3. The van der Waals surface area contributed by atoms with Gasteiger partial charge in [-0.3, -0.25) is 0 Å². The Balaban J connectivity index is 1.67. The third-order valence-corrected chi connectivity index (χ3v) is 6.25. The van der Waals surface area contributed by atoms with Gasteiger partial charge in [0, 0.05) is 0 Å². The van der Waals surface area contributed by atoms with Crippen molar-refractivity contribution in [2.75, 3.05) is 19.5 Å². The average Bonchev–Trinajstić information content (AvgIpc) is 3.28. The van der Waals surface area contributed by atoms with E-state index in [1.54, 1.807) is 12.1 Å². The molecule has 0 saturated carbocycles. The Labute approximate surface area is 184 Å². The van der Waals surface area contributed by atoms with E-state index in [0.29, 0.717) is 11.4 Å². The maximum Gasteiger partial charge on any atom is 0.299 e. The number of hydrogen-bond acceptors (Lipinski definition) is 6. The molecule has 4 rings (SSSR count). The Hall–Kier alpha value is -3.69. The van der Waals surface area contributed by atoms with Crippen LogP contribution in [0.2, 0.25) is 0 Å². The summed E-state index contributed by atoms with van der Waals surface area (Å²) in [5, 5.41) is 2.90. The number of ether oxygens (including phenoxy) is 1. The molecule has 0 unspecified atom stereocenters. The zero-order chi connectivity index (χ0) is 22.7. The number of hydrogen-bond donors (Lipinski definition) is 2. The monoisotopic (exact) mass is 453 g/mol. The highest BCUT2D eigenvalue weighted by Gasteiger charge is 2.17. The van der Waals surface area contributed by atoms with Crippen molar-refractivity contribution in [3.05, 3.63) is 78.7 Å². The minimum Gasteiger partial charge on any atom is -0.495 e. The Morgan fingerprint density at radius 3 is 2.50 bits per heavy atom. The zero-order valence-electron chi connectivity index (χ0n) is 17.3. The van der Waals surface area contributed by atoms with Gasteiger partial charge in [0.15, 0.2) is 5.76 Å². The van der Waals surface area contributed by atoms with Gasteiger partial charge in [-0.2, -0.15) is 0 Å². The van der Waals surface area contributed by atoms with Crippen molar-refractivity contribution < 1.29 is 22.0 Å². The van der Waals surface area contributed by atoms with Gasteiger partial charge in [0.1, 0.15) is 11.6 Å². The molecule has 0 aliphatic heterocycles. The van der Waals surface area contributed by atoms with E-state index in [1.165, 1.54) is 44.6 Å². The Kier molecular flexibility index (Phi) is 5.93. The van der Waals surface area contributed by atoms with Gasteiger partial charge >= 0.3 is 0 Å². The summed E-state index contributed by atoms with van der Waals surface area (Å²) in [6.07, 6.45) is 1.40. The van der Waals surface area contributed by atoms with Gasteiger partial charge in [-0.15, -0.1) is 0 Å². The summed E-state index contributed by atoms with van der Waals surface area (Å²) in [5.41, 5.74) is 2.36. The molecular formula is C23H20FN3O4S. The van der Waals surface area contributed by atoms with Crippen LogP contribution >= 0.6 is 0 Å². The third-order valence-electron chi connectivity index (χ3n) is 4.84. The highest BCUT2D eigenvalue weighted by atomic mass is 32.2. The van der Waals surface area contributed by atoms with Crippen LogP contribution in [0.5, 0.6) is 5.75 Å². The van der Waals surface area contributed by atoms with E-state index in [-0.39, 0.29) is 22.2 Å². The Morgan fingerprint density at radius 1 is 1.00 bits per heavy atom. The van der Waals surface area contributed by atoms with E-state index in [1.807, 2.05) is 30.3 Å². The molecule has 3 aromatic carbocycles. The van der Waals surface area contributed by atoms with Crippen LogP contribution in [-0.2, 0) is 10.0 Å². The first kappa shape index (κ1) is 21.5. The number of benzene rings is 3. The molecule has 1 aromatic heterocycles. The van der Waals surface area contributed by atoms with Gasteiger partial charge in [0.25, 0.3) is 6.01 Å². The van der Waals surface area contributed by atoms with Crippen molar-refractivity contribution >= 4 is 21.7 Å². The lowest BCUT2D eigenvalue weighted by Crippen LogP contribution is -2.18. The molecule has 0 amide bonds. The fraction of sp³-hybridized carbons (Fsp3) is 0.0870. The topological polar surface area (TPSA) is 93.5 Å². The van der Waals surface area contributed by atoms with Gasteiger partial charge in [0.05, 0.1) is 29.5 Å². The first-order chi connectivity index (χ1) is 15.4. The van der Waals surface area contributed by atoms with Crippen LogP contribution in [0.3, 0.4) is 0 Å². The fourth-order valence-corrected chi connectivity index (χ4v) is 3.92. The zero-order valence-corrected chi connectivity index (χ0v) is 18.1. The van der Waals surface area contributed by atoms with Crippen LogP contribution in [0.1, 0.15) is 0 Å². The van der Waals surface area contributed by atoms with Crippen LogP contribution < -0.4 is 14.8 Å². The van der Waals surface area contributed by atoms with Gasteiger partial charge < -0.3 is 14.5 Å². The van der Waals surface area contributed by atoms with E-state index < -0.39 is 15.8 Å². The molecule has 0 atom stereocenters. The quantitative estimate of drug-likeness (QED) is 0.417. The Bertz CT molecular complexity index is 1350. The summed E-state index contributed by atoms with van der Waals surface area (Å²) in [6, 6.07) is 18.7. The maximum absolute atomic E-state index is 14.5. The summed E-state index contributed by atoms with van der Waals surface area (Å²) in [6.45, 7) is 0. The van der Waals surface area contributed by atoms with Crippen LogP contribution in [-0.4, -0.2) is 27.6 Å². The lowest BCUT2D eigenvalue weighted by Gasteiger charge is -2.11. The van der Waals surface area contributed by atoms with Crippen LogP contribution in [0, 0.1) is 5.82 Å². The number of sulfonamides is 1. The van der Waals surface area contributed by atoms with E-state index in [2.05, 4.69) is 15.0 Å². The number of methoxy groups -OCH3 is 1. The van der Waals surface area contributed by atoms with Gasteiger partial charge in [-0.1, -0.05) is 36.4 Å². The minimum absolute atomic E-state index is 0.0386. The molecule has 7 nitrogen and oxygen atoms in total. The van der Waals surface area contributed by atoms with Crippen LogP contribution in [0.25, 0.3) is 22.5 Å². The number of rotatable bonds is 7. The third kappa shape index (κ3) is 4.34. The predicted molar refractivity (Wildman–Crippen MR) is 120 cm³/mol. The second-order valence-electron chi connectivity index (χ2n) is 6.78.